The Labute approximate surface area is 241 Å². The predicted octanol–water partition coefficient (Wildman–Crippen LogP) is 8.06. The molecule has 1 aliphatic heterocycles. The Balaban J connectivity index is 1.65. The fourth-order valence-electron chi connectivity index (χ4n) is 6.25. The lowest BCUT2D eigenvalue weighted by molar-refractivity contribution is -0.120. The minimum Gasteiger partial charge on any atom is -0.493 e. The average molecular weight is 561 g/mol. The summed E-state index contributed by atoms with van der Waals surface area (Å²) in [6, 6.07) is 11.5. The molecule has 1 heterocycles. The van der Waals surface area contributed by atoms with Gasteiger partial charge in [-0.1, -0.05) is 69.6 Å². The van der Waals surface area contributed by atoms with E-state index in [9.17, 15) is 9.59 Å². The number of allylic oxidation sites excluding steroid dienone is 5. The van der Waals surface area contributed by atoms with Gasteiger partial charge in [-0.2, -0.15) is 0 Å². The molecule has 0 radical (unpaired) electrons. The lowest BCUT2D eigenvalue weighted by Crippen LogP contribution is -2.37. The van der Waals surface area contributed by atoms with Crippen LogP contribution in [-0.2, 0) is 27.4 Å². The van der Waals surface area contributed by atoms with Crippen molar-refractivity contribution in [3.8, 4) is 11.5 Å². The van der Waals surface area contributed by atoms with Gasteiger partial charge in [-0.15, -0.1) is 6.58 Å². The van der Waals surface area contributed by atoms with Crippen LogP contribution in [0.5, 0.6) is 11.5 Å². The molecule has 0 unspecified atom stereocenters. The Kier molecular flexibility index (Phi) is 7.47. The number of benzene rings is 2. The highest BCUT2D eigenvalue weighted by atomic mass is 35.5. The SMILES string of the molecule is C=CCc1cc(C2C3=C(CC(C)(C)CC3=O)OC3=C2C(=O)CC(C)(C)C3)cc(OC)c1OCc1ccccc1Cl. The fourth-order valence-corrected chi connectivity index (χ4v) is 6.44. The Morgan fingerprint density at radius 2 is 1.55 bits per heavy atom. The van der Waals surface area contributed by atoms with Crippen molar-refractivity contribution in [2.45, 2.75) is 72.3 Å². The van der Waals surface area contributed by atoms with Crippen molar-refractivity contribution in [1.29, 1.82) is 0 Å². The molecule has 0 N–H and O–H groups in total. The Morgan fingerprint density at radius 3 is 2.10 bits per heavy atom. The van der Waals surface area contributed by atoms with Gasteiger partial charge in [0, 0.05) is 58.9 Å². The van der Waals surface area contributed by atoms with Gasteiger partial charge in [0.25, 0.3) is 0 Å². The van der Waals surface area contributed by atoms with Crippen LogP contribution in [0.15, 0.2) is 71.7 Å². The maximum atomic E-state index is 13.7. The number of hydrogen-bond acceptors (Lipinski definition) is 5. The summed E-state index contributed by atoms with van der Waals surface area (Å²) >= 11 is 6.38. The van der Waals surface area contributed by atoms with Crippen molar-refractivity contribution >= 4 is 23.2 Å². The Hall–Kier alpha value is -3.31. The number of halogens is 1. The molecule has 0 saturated carbocycles. The summed E-state index contributed by atoms with van der Waals surface area (Å²) in [4.78, 5) is 27.4. The van der Waals surface area contributed by atoms with Gasteiger partial charge < -0.3 is 14.2 Å². The van der Waals surface area contributed by atoms with E-state index in [4.69, 9.17) is 25.8 Å². The van der Waals surface area contributed by atoms with E-state index in [0.29, 0.717) is 71.3 Å². The maximum Gasteiger partial charge on any atom is 0.165 e. The molecule has 0 bridgehead atoms. The van der Waals surface area contributed by atoms with E-state index in [0.717, 1.165) is 16.7 Å². The highest BCUT2D eigenvalue weighted by Crippen LogP contribution is 2.54. The van der Waals surface area contributed by atoms with Gasteiger partial charge in [-0.3, -0.25) is 9.59 Å². The summed E-state index contributed by atoms with van der Waals surface area (Å²) in [6.45, 7) is 12.6. The molecular weight excluding hydrogens is 524 g/mol. The lowest BCUT2D eigenvalue weighted by atomic mass is 9.65. The van der Waals surface area contributed by atoms with Gasteiger partial charge in [0.15, 0.2) is 23.1 Å². The molecule has 6 heteroatoms. The van der Waals surface area contributed by atoms with E-state index in [2.05, 4.69) is 34.3 Å². The molecule has 0 aromatic heterocycles. The van der Waals surface area contributed by atoms with E-state index in [-0.39, 0.29) is 29.0 Å². The molecule has 2 aromatic carbocycles. The second kappa shape index (κ2) is 10.6. The normalized spacial score (nSPS) is 20.1. The summed E-state index contributed by atoms with van der Waals surface area (Å²) < 4.78 is 18.6. The van der Waals surface area contributed by atoms with Crippen LogP contribution >= 0.6 is 11.6 Å². The summed E-state index contributed by atoms with van der Waals surface area (Å²) in [5.41, 5.74) is 3.32. The minimum atomic E-state index is -0.513. The summed E-state index contributed by atoms with van der Waals surface area (Å²) in [7, 11) is 1.60. The number of ketones is 2. The smallest absolute Gasteiger partial charge is 0.165 e. The maximum absolute atomic E-state index is 13.7. The molecule has 3 aliphatic rings. The van der Waals surface area contributed by atoms with E-state index >= 15 is 0 Å². The first kappa shape index (κ1) is 28.2. The highest BCUT2D eigenvalue weighted by Gasteiger charge is 2.48. The number of ether oxygens (including phenoxy) is 3. The molecule has 210 valence electrons. The predicted molar refractivity (Wildman–Crippen MR) is 157 cm³/mol. The van der Waals surface area contributed by atoms with Crippen LogP contribution in [0.1, 0.15) is 76.0 Å². The molecule has 2 aliphatic carbocycles. The largest absolute Gasteiger partial charge is 0.493 e. The van der Waals surface area contributed by atoms with Crippen LogP contribution in [0.2, 0.25) is 5.02 Å². The van der Waals surface area contributed by atoms with E-state index in [1.54, 1.807) is 7.11 Å². The van der Waals surface area contributed by atoms with Crippen molar-refractivity contribution in [1.82, 2.24) is 0 Å². The molecular formula is C34H37ClO5. The molecule has 0 atom stereocenters. The van der Waals surface area contributed by atoms with Crippen LogP contribution in [0.25, 0.3) is 0 Å². The van der Waals surface area contributed by atoms with Gasteiger partial charge >= 0.3 is 0 Å². The minimum absolute atomic E-state index is 0.0312. The van der Waals surface area contributed by atoms with E-state index in [1.165, 1.54) is 0 Å². The van der Waals surface area contributed by atoms with Crippen LogP contribution in [0.4, 0.5) is 0 Å². The molecule has 40 heavy (non-hydrogen) atoms. The zero-order valence-electron chi connectivity index (χ0n) is 24.0. The van der Waals surface area contributed by atoms with E-state index < -0.39 is 5.92 Å². The summed E-state index contributed by atoms with van der Waals surface area (Å²) in [5.74, 6) is 2.06. The molecule has 0 amide bonds. The Morgan fingerprint density at radius 1 is 0.950 bits per heavy atom. The molecule has 0 fully saturated rings. The first-order valence-electron chi connectivity index (χ1n) is 13.8. The number of hydrogen-bond donors (Lipinski definition) is 0. The molecule has 5 rings (SSSR count). The van der Waals surface area contributed by atoms with Gasteiger partial charge in [-0.25, -0.2) is 0 Å². The van der Waals surface area contributed by atoms with E-state index in [1.807, 2.05) is 42.5 Å². The van der Waals surface area contributed by atoms with Crippen molar-refractivity contribution in [2.24, 2.45) is 10.8 Å². The molecule has 0 saturated heterocycles. The van der Waals surface area contributed by atoms with Crippen molar-refractivity contribution in [3.63, 3.8) is 0 Å². The molecule has 0 spiro atoms. The number of carbonyl (C=O) groups excluding carboxylic acids is 2. The van der Waals surface area contributed by atoms with Crippen LogP contribution in [-0.4, -0.2) is 18.7 Å². The highest BCUT2D eigenvalue weighted by molar-refractivity contribution is 6.31. The molecule has 2 aromatic rings. The fraction of sp³-hybridized carbons (Fsp3) is 0.412. The standard InChI is InChI=1S/C34H37ClO5/c1-7-10-20-13-22(14-26(38-6)32(20)39-19-21-11-8-9-12-23(21)35)29-30-24(36)15-33(2,3)17-27(30)40-28-18-34(4,5)16-25(37)31(28)29/h7-9,11-14,29H,1,10,15-19H2,2-6H3. The number of rotatable bonds is 7. The van der Waals surface area contributed by atoms with Crippen LogP contribution in [0.3, 0.4) is 0 Å². The summed E-state index contributed by atoms with van der Waals surface area (Å²) in [5, 5.41) is 0.627. The van der Waals surface area contributed by atoms with Crippen LogP contribution < -0.4 is 9.47 Å². The zero-order valence-corrected chi connectivity index (χ0v) is 24.7. The summed E-state index contributed by atoms with van der Waals surface area (Å²) in [6.07, 6.45) is 4.43. The van der Waals surface area contributed by atoms with Gasteiger partial charge in [0.05, 0.1) is 7.11 Å². The van der Waals surface area contributed by atoms with Gasteiger partial charge in [0.2, 0.25) is 0 Å². The van der Waals surface area contributed by atoms with Gasteiger partial charge in [0.1, 0.15) is 18.1 Å². The first-order chi connectivity index (χ1) is 18.9. The third-order valence-corrected chi connectivity index (χ3v) is 8.35. The number of methoxy groups -OCH3 is 1. The first-order valence-corrected chi connectivity index (χ1v) is 14.2. The second-order valence-electron chi connectivity index (χ2n) is 12.7. The monoisotopic (exact) mass is 560 g/mol. The zero-order chi connectivity index (χ0) is 28.8. The topological polar surface area (TPSA) is 61.8 Å². The second-order valence-corrected chi connectivity index (χ2v) is 13.1. The Bertz CT molecular complexity index is 1410. The average Bonchev–Trinajstić information content (AvgIpc) is 2.85. The van der Waals surface area contributed by atoms with Crippen molar-refractivity contribution in [3.05, 3.63) is 93.4 Å². The number of Topliss-reactive ketones (excluding diaryl/α,β-unsaturated/α-hetero) is 2. The number of carbonyl (C=O) groups is 2. The van der Waals surface area contributed by atoms with Crippen LogP contribution in [0, 0.1) is 10.8 Å². The van der Waals surface area contributed by atoms with Gasteiger partial charge in [-0.05, 0) is 34.9 Å². The third kappa shape index (κ3) is 5.36. The van der Waals surface area contributed by atoms with Crippen molar-refractivity contribution < 1.29 is 23.8 Å². The third-order valence-electron chi connectivity index (χ3n) is 7.98. The quantitative estimate of drug-likeness (QED) is 0.320. The van der Waals surface area contributed by atoms with Crippen molar-refractivity contribution in [2.75, 3.05) is 7.11 Å². The lowest BCUT2D eigenvalue weighted by Gasteiger charge is -2.42. The molecule has 5 nitrogen and oxygen atoms in total.